The maximum atomic E-state index is 12.4. The number of hydrogen-bond acceptors (Lipinski definition) is 5. The van der Waals surface area contributed by atoms with Gasteiger partial charge in [0.1, 0.15) is 10.8 Å². The Morgan fingerprint density at radius 1 is 1.32 bits per heavy atom. The van der Waals surface area contributed by atoms with Crippen molar-refractivity contribution in [1.82, 2.24) is 4.98 Å². The summed E-state index contributed by atoms with van der Waals surface area (Å²) in [5.41, 5.74) is 0.140. The van der Waals surface area contributed by atoms with E-state index < -0.39 is 23.1 Å². The maximum Gasteiger partial charge on any atom is 0.443 e. The molecule has 1 aromatic heterocycles. The summed E-state index contributed by atoms with van der Waals surface area (Å²) in [4.78, 5) is 26.0. The van der Waals surface area contributed by atoms with Gasteiger partial charge in [0.15, 0.2) is 5.01 Å². The summed E-state index contributed by atoms with van der Waals surface area (Å²) in [7, 11) is 0. The average molecular weight is 330 g/mol. The van der Waals surface area contributed by atoms with Crippen LogP contribution in [0.2, 0.25) is 0 Å². The summed E-state index contributed by atoms with van der Waals surface area (Å²) in [6, 6.07) is 5.71. The van der Waals surface area contributed by atoms with Crippen LogP contribution in [0.1, 0.15) is 22.3 Å². The van der Waals surface area contributed by atoms with E-state index in [1.54, 1.807) is 0 Å². The maximum absolute atomic E-state index is 12.4. The predicted octanol–water partition coefficient (Wildman–Crippen LogP) is 3.34. The van der Waals surface area contributed by atoms with E-state index >= 15 is 0 Å². The Labute approximate surface area is 126 Å². The number of hydrogen-bond donors (Lipinski definition) is 1. The van der Waals surface area contributed by atoms with Crippen LogP contribution in [0.5, 0.6) is 5.75 Å². The zero-order chi connectivity index (χ0) is 16.3. The van der Waals surface area contributed by atoms with Crippen molar-refractivity contribution < 1.29 is 27.5 Å². The highest BCUT2D eigenvalue weighted by Gasteiger charge is 2.34. The molecule has 1 heterocycles. The van der Waals surface area contributed by atoms with Gasteiger partial charge in [-0.15, -0.1) is 0 Å². The molecule has 0 aliphatic heterocycles. The van der Waals surface area contributed by atoms with E-state index in [2.05, 4.69) is 10.3 Å². The molecule has 1 N–H and O–H groups in total. The molecule has 0 aliphatic carbocycles. The number of alkyl halides is 3. The number of anilines is 1. The standard InChI is InChI=1S/C13H9F3N2O3S/c1-7(19)21-9-4-2-3-8(5-9)11(20)18-10-6-17-12(22-10)13(14,15)16/h2-6H,1H3,(H,18,20). The molecule has 0 atom stereocenters. The summed E-state index contributed by atoms with van der Waals surface area (Å²) in [6.07, 6.45) is -3.62. The molecule has 0 aliphatic rings. The van der Waals surface area contributed by atoms with Crippen LogP contribution in [0, 0.1) is 0 Å². The minimum atomic E-state index is -4.55. The molecule has 116 valence electrons. The van der Waals surface area contributed by atoms with E-state index in [0.717, 1.165) is 6.20 Å². The lowest BCUT2D eigenvalue weighted by Gasteiger charge is -2.05. The highest BCUT2D eigenvalue weighted by molar-refractivity contribution is 7.16. The molecule has 5 nitrogen and oxygen atoms in total. The van der Waals surface area contributed by atoms with Crippen molar-refractivity contribution >= 4 is 28.2 Å². The third kappa shape index (κ3) is 4.04. The number of benzene rings is 1. The van der Waals surface area contributed by atoms with E-state index in [1.165, 1.54) is 31.2 Å². The van der Waals surface area contributed by atoms with Crippen LogP contribution >= 0.6 is 11.3 Å². The normalized spacial score (nSPS) is 11.1. The lowest BCUT2D eigenvalue weighted by atomic mass is 10.2. The van der Waals surface area contributed by atoms with Gasteiger partial charge in [0.25, 0.3) is 5.91 Å². The van der Waals surface area contributed by atoms with Crippen molar-refractivity contribution in [2.75, 3.05) is 5.32 Å². The molecule has 22 heavy (non-hydrogen) atoms. The number of rotatable bonds is 3. The first-order valence-corrected chi connectivity index (χ1v) is 6.70. The van der Waals surface area contributed by atoms with Crippen LogP contribution in [0.15, 0.2) is 30.5 Å². The van der Waals surface area contributed by atoms with Crippen molar-refractivity contribution in [3.63, 3.8) is 0 Å². The third-order valence-corrected chi connectivity index (χ3v) is 3.30. The van der Waals surface area contributed by atoms with Crippen molar-refractivity contribution in [2.45, 2.75) is 13.1 Å². The molecule has 9 heteroatoms. The van der Waals surface area contributed by atoms with Crippen molar-refractivity contribution in [3.05, 3.63) is 41.0 Å². The fourth-order valence-corrected chi connectivity index (χ4v) is 2.19. The molecular weight excluding hydrogens is 321 g/mol. The Hall–Kier alpha value is -2.42. The summed E-state index contributed by atoms with van der Waals surface area (Å²) >= 11 is 0.324. The van der Waals surface area contributed by atoms with Crippen LogP contribution in [0.3, 0.4) is 0 Å². The van der Waals surface area contributed by atoms with Crippen molar-refractivity contribution in [2.24, 2.45) is 0 Å². The fraction of sp³-hybridized carbons (Fsp3) is 0.154. The van der Waals surface area contributed by atoms with Gasteiger partial charge in [-0.2, -0.15) is 13.2 Å². The molecular formula is C13H9F3N2O3S. The van der Waals surface area contributed by atoms with Gasteiger partial charge in [0.05, 0.1) is 6.20 Å². The predicted molar refractivity (Wildman–Crippen MR) is 72.8 cm³/mol. The van der Waals surface area contributed by atoms with Crippen LogP contribution in [0.4, 0.5) is 18.2 Å². The van der Waals surface area contributed by atoms with Crippen molar-refractivity contribution in [1.29, 1.82) is 0 Å². The van der Waals surface area contributed by atoms with Gasteiger partial charge in [-0.25, -0.2) is 4.98 Å². The number of ether oxygens (including phenoxy) is 1. The number of aromatic nitrogens is 1. The van der Waals surface area contributed by atoms with Crippen LogP contribution in [-0.2, 0) is 11.0 Å². The second kappa shape index (κ2) is 6.14. The van der Waals surface area contributed by atoms with E-state index in [4.69, 9.17) is 4.74 Å². The van der Waals surface area contributed by atoms with Gasteiger partial charge in [-0.3, -0.25) is 9.59 Å². The second-order valence-electron chi connectivity index (χ2n) is 4.10. The van der Waals surface area contributed by atoms with Crippen LogP contribution in [0.25, 0.3) is 0 Å². The van der Waals surface area contributed by atoms with Gasteiger partial charge in [0.2, 0.25) is 0 Å². The smallest absolute Gasteiger partial charge is 0.427 e. The van der Waals surface area contributed by atoms with Gasteiger partial charge in [0, 0.05) is 12.5 Å². The molecule has 1 amide bonds. The third-order valence-electron chi connectivity index (χ3n) is 2.34. The molecule has 0 radical (unpaired) electrons. The largest absolute Gasteiger partial charge is 0.443 e. The lowest BCUT2D eigenvalue weighted by molar-refractivity contribution is -0.137. The molecule has 0 bridgehead atoms. The van der Waals surface area contributed by atoms with E-state index in [9.17, 15) is 22.8 Å². The Balaban J connectivity index is 2.12. The second-order valence-corrected chi connectivity index (χ2v) is 5.13. The number of esters is 1. The minimum Gasteiger partial charge on any atom is -0.427 e. The highest BCUT2D eigenvalue weighted by atomic mass is 32.1. The van der Waals surface area contributed by atoms with Crippen molar-refractivity contribution in [3.8, 4) is 5.75 Å². The topological polar surface area (TPSA) is 68.3 Å². The summed E-state index contributed by atoms with van der Waals surface area (Å²) in [6.45, 7) is 1.21. The zero-order valence-electron chi connectivity index (χ0n) is 11.1. The number of halogens is 3. The SMILES string of the molecule is CC(=O)Oc1cccc(C(=O)Nc2cnc(C(F)(F)F)s2)c1. The van der Waals surface area contributed by atoms with Gasteiger partial charge in [-0.1, -0.05) is 17.4 Å². The summed E-state index contributed by atoms with van der Waals surface area (Å²) in [5.74, 6) is -1.01. The molecule has 2 rings (SSSR count). The van der Waals surface area contributed by atoms with Crippen LogP contribution < -0.4 is 10.1 Å². The molecule has 0 fully saturated rings. The molecule has 0 saturated carbocycles. The Morgan fingerprint density at radius 2 is 2.05 bits per heavy atom. The quantitative estimate of drug-likeness (QED) is 0.692. The number of thiazole rings is 1. The van der Waals surface area contributed by atoms with Crippen LogP contribution in [-0.4, -0.2) is 16.9 Å². The number of carbonyl (C=O) groups is 2. The molecule has 2 aromatic rings. The Bertz CT molecular complexity index is 713. The van der Waals surface area contributed by atoms with Gasteiger partial charge < -0.3 is 10.1 Å². The Kier molecular flexibility index (Phi) is 4.45. The zero-order valence-corrected chi connectivity index (χ0v) is 11.9. The first-order valence-electron chi connectivity index (χ1n) is 5.88. The number of nitrogens with zero attached hydrogens (tertiary/aromatic N) is 1. The van der Waals surface area contributed by atoms with E-state index in [0.29, 0.717) is 11.3 Å². The van der Waals surface area contributed by atoms with Gasteiger partial charge >= 0.3 is 12.1 Å². The monoisotopic (exact) mass is 330 g/mol. The number of amides is 1. The average Bonchev–Trinajstić information content (AvgIpc) is 2.86. The Morgan fingerprint density at radius 3 is 2.64 bits per heavy atom. The summed E-state index contributed by atoms with van der Waals surface area (Å²) < 4.78 is 42.1. The number of nitrogens with one attached hydrogen (secondary N) is 1. The minimum absolute atomic E-state index is 0.0322. The fourth-order valence-electron chi connectivity index (χ4n) is 1.51. The molecule has 0 unspecified atom stereocenters. The first-order chi connectivity index (χ1) is 10.3. The van der Waals surface area contributed by atoms with E-state index in [-0.39, 0.29) is 16.3 Å². The van der Waals surface area contributed by atoms with Gasteiger partial charge in [-0.05, 0) is 18.2 Å². The molecule has 0 spiro atoms. The van der Waals surface area contributed by atoms with E-state index in [1.807, 2.05) is 0 Å². The lowest BCUT2D eigenvalue weighted by Crippen LogP contribution is -2.11. The first kappa shape index (κ1) is 16.0. The molecule has 1 aromatic carbocycles. The molecule has 0 saturated heterocycles. The highest BCUT2D eigenvalue weighted by Crippen LogP contribution is 2.34. The summed E-state index contributed by atoms with van der Waals surface area (Å²) in [5, 5.41) is 1.23. The number of carbonyl (C=O) groups excluding carboxylic acids is 2.